The lowest BCUT2D eigenvalue weighted by Gasteiger charge is -2.26. The summed E-state index contributed by atoms with van der Waals surface area (Å²) < 4.78 is 26.7. The van der Waals surface area contributed by atoms with Crippen molar-refractivity contribution in [1.29, 1.82) is 0 Å². The van der Waals surface area contributed by atoms with Crippen LogP contribution in [0.3, 0.4) is 0 Å². The number of nitrogens with one attached hydrogen (secondary N) is 2. The minimum atomic E-state index is -1.10. The van der Waals surface area contributed by atoms with Gasteiger partial charge in [-0.2, -0.15) is 9.97 Å². The second kappa shape index (κ2) is 6.75. The van der Waals surface area contributed by atoms with Crippen molar-refractivity contribution in [1.82, 2.24) is 24.3 Å². The van der Waals surface area contributed by atoms with Crippen molar-refractivity contribution in [3.63, 3.8) is 0 Å². The molecule has 1 fully saturated rings. The summed E-state index contributed by atoms with van der Waals surface area (Å²) in [6.07, 6.45) is 6.98. The van der Waals surface area contributed by atoms with E-state index in [2.05, 4.69) is 25.3 Å². The fraction of sp³-hybridized carbons (Fsp3) is 0.316. The first-order valence-electron chi connectivity index (χ1n) is 9.07. The summed E-state index contributed by atoms with van der Waals surface area (Å²) in [6.45, 7) is 0.598. The van der Waals surface area contributed by atoms with Crippen LogP contribution < -0.4 is 10.1 Å². The van der Waals surface area contributed by atoms with Gasteiger partial charge in [-0.05, 0) is 18.6 Å². The van der Waals surface area contributed by atoms with Crippen molar-refractivity contribution in [2.45, 2.75) is 18.6 Å². The van der Waals surface area contributed by atoms with E-state index in [0.717, 1.165) is 22.2 Å². The molecule has 1 aliphatic heterocycles. The molecule has 2 N–H and O–H groups in total. The zero-order valence-corrected chi connectivity index (χ0v) is 15.2. The maximum atomic E-state index is 14.1. The van der Waals surface area contributed by atoms with E-state index < -0.39 is 6.17 Å². The summed E-state index contributed by atoms with van der Waals surface area (Å²) >= 11 is 0. The van der Waals surface area contributed by atoms with Gasteiger partial charge in [0.2, 0.25) is 11.8 Å². The molecule has 0 amide bonds. The highest BCUT2D eigenvalue weighted by molar-refractivity contribution is 5.97. The van der Waals surface area contributed by atoms with Crippen LogP contribution in [0.1, 0.15) is 6.42 Å². The van der Waals surface area contributed by atoms with E-state index in [1.165, 1.54) is 0 Å². The van der Waals surface area contributed by atoms with Gasteiger partial charge in [-0.3, -0.25) is 0 Å². The molecule has 1 unspecified atom stereocenters. The molecule has 1 aliphatic rings. The Bertz CT molecular complexity index is 1140. The van der Waals surface area contributed by atoms with Gasteiger partial charge in [0.15, 0.2) is 0 Å². The summed E-state index contributed by atoms with van der Waals surface area (Å²) in [5.41, 5.74) is 3.39. The second-order valence-electron chi connectivity index (χ2n) is 6.72. The van der Waals surface area contributed by atoms with Crippen LogP contribution in [-0.2, 0) is 4.74 Å². The van der Waals surface area contributed by atoms with E-state index in [1.54, 1.807) is 13.3 Å². The number of hydrogen-bond donors (Lipinski definition) is 2. The highest BCUT2D eigenvalue weighted by Gasteiger charge is 2.26. The molecule has 1 saturated heterocycles. The summed E-state index contributed by atoms with van der Waals surface area (Å²) in [5, 5.41) is 3.85. The van der Waals surface area contributed by atoms with E-state index in [9.17, 15) is 4.39 Å². The largest absolute Gasteiger partial charge is 0.480 e. The summed E-state index contributed by atoms with van der Waals surface area (Å²) in [4.78, 5) is 16.4. The molecule has 144 valence electrons. The Labute approximate surface area is 159 Å². The highest BCUT2D eigenvalue weighted by Crippen LogP contribution is 2.34. The van der Waals surface area contributed by atoms with Crippen LogP contribution in [0, 0.1) is 0 Å². The fourth-order valence-corrected chi connectivity index (χ4v) is 3.55. The number of H-pyrrole nitrogens is 1. The molecule has 0 spiro atoms. The third-order valence-electron chi connectivity index (χ3n) is 4.99. The summed E-state index contributed by atoms with van der Waals surface area (Å²) in [5.74, 6) is 0.759. The second-order valence-corrected chi connectivity index (χ2v) is 6.72. The van der Waals surface area contributed by atoms with Crippen LogP contribution in [0.15, 0.2) is 36.9 Å². The standard InChI is InChI=1S/C19H19FN6O2/c1-27-18-16-12(11-2-3-15-21-5-6-26(15)9-11)8-22-17(16)24-19(25-18)23-14-4-7-28-10-13(14)20/h2-3,5-6,8-9,13-14H,4,7,10H2,1H3,(H2,22,23,24,25)/t13-,14?/m0/s1. The molecule has 4 aromatic heterocycles. The number of rotatable bonds is 4. The quantitative estimate of drug-likeness (QED) is 0.564. The molecule has 0 bridgehead atoms. The van der Waals surface area contributed by atoms with E-state index >= 15 is 0 Å². The lowest BCUT2D eigenvalue weighted by molar-refractivity contribution is 0.0284. The lowest BCUT2D eigenvalue weighted by atomic mass is 10.1. The molecule has 2 atom stereocenters. The number of pyridine rings is 1. The van der Waals surface area contributed by atoms with Crippen molar-refractivity contribution >= 4 is 22.6 Å². The molecule has 0 radical (unpaired) electrons. The molecular formula is C19H19FN6O2. The number of halogens is 1. The van der Waals surface area contributed by atoms with E-state index in [1.807, 2.05) is 35.1 Å². The average molecular weight is 382 g/mol. The molecule has 0 saturated carbocycles. The fourth-order valence-electron chi connectivity index (χ4n) is 3.55. The van der Waals surface area contributed by atoms with E-state index in [-0.39, 0.29) is 12.6 Å². The van der Waals surface area contributed by atoms with Gasteiger partial charge in [-0.15, -0.1) is 0 Å². The average Bonchev–Trinajstić information content (AvgIpc) is 3.35. The highest BCUT2D eigenvalue weighted by atomic mass is 19.1. The molecular weight excluding hydrogens is 363 g/mol. The minimum absolute atomic E-state index is 0.0838. The maximum absolute atomic E-state index is 14.1. The van der Waals surface area contributed by atoms with Crippen LogP contribution in [0.2, 0.25) is 0 Å². The van der Waals surface area contributed by atoms with Crippen LogP contribution in [0.5, 0.6) is 5.88 Å². The lowest BCUT2D eigenvalue weighted by Crippen LogP contribution is -2.39. The number of imidazole rings is 1. The predicted molar refractivity (Wildman–Crippen MR) is 102 cm³/mol. The number of methoxy groups -OCH3 is 1. The van der Waals surface area contributed by atoms with Crippen molar-refractivity contribution in [3.8, 4) is 17.0 Å². The molecule has 4 aromatic rings. The first kappa shape index (κ1) is 16.9. The van der Waals surface area contributed by atoms with Crippen molar-refractivity contribution in [2.24, 2.45) is 0 Å². The Kier molecular flexibility index (Phi) is 4.09. The molecule has 8 nitrogen and oxygen atoms in total. The zero-order chi connectivity index (χ0) is 19.1. The van der Waals surface area contributed by atoms with Crippen LogP contribution in [0.4, 0.5) is 10.3 Å². The monoisotopic (exact) mass is 382 g/mol. The van der Waals surface area contributed by atoms with Crippen LogP contribution in [-0.4, -0.2) is 56.9 Å². The van der Waals surface area contributed by atoms with Crippen molar-refractivity contribution in [3.05, 3.63) is 36.9 Å². The number of aromatic amines is 1. The summed E-state index contributed by atoms with van der Waals surface area (Å²) in [6, 6.07) is 3.56. The number of aromatic nitrogens is 5. The molecule has 0 aromatic carbocycles. The van der Waals surface area contributed by atoms with Gasteiger partial charge in [0.05, 0.1) is 25.1 Å². The first-order valence-corrected chi connectivity index (χ1v) is 9.07. The number of anilines is 1. The van der Waals surface area contributed by atoms with Gasteiger partial charge < -0.3 is 24.2 Å². The third kappa shape index (κ3) is 2.84. The van der Waals surface area contributed by atoms with Gasteiger partial charge in [0, 0.05) is 42.5 Å². The smallest absolute Gasteiger partial charge is 0.228 e. The number of alkyl halides is 1. The first-order chi connectivity index (χ1) is 13.7. The Balaban J connectivity index is 1.55. The third-order valence-corrected chi connectivity index (χ3v) is 4.99. The topological polar surface area (TPSA) is 89.4 Å². The van der Waals surface area contributed by atoms with Crippen molar-refractivity contribution in [2.75, 3.05) is 25.6 Å². The molecule has 28 heavy (non-hydrogen) atoms. The van der Waals surface area contributed by atoms with Gasteiger partial charge in [-0.25, -0.2) is 9.37 Å². The maximum Gasteiger partial charge on any atom is 0.228 e. The number of fused-ring (bicyclic) bond motifs is 2. The van der Waals surface area contributed by atoms with Gasteiger partial charge in [0.1, 0.15) is 17.5 Å². The zero-order valence-electron chi connectivity index (χ0n) is 15.2. The van der Waals surface area contributed by atoms with E-state index in [4.69, 9.17) is 9.47 Å². The summed E-state index contributed by atoms with van der Waals surface area (Å²) in [7, 11) is 1.56. The molecule has 0 aliphatic carbocycles. The molecule has 9 heteroatoms. The predicted octanol–water partition coefficient (Wildman–Crippen LogP) is 2.82. The number of nitrogens with zero attached hydrogens (tertiary/aromatic N) is 4. The van der Waals surface area contributed by atoms with E-state index in [0.29, 0.717) is 30.5 Å². The van der Waals surface area contributed by atoms with Crippen LogP contribution in [0.25, 0.3) is 27.8 Å². The normalized spacial score (nSPS) is 19.9. The Hall–Kier alpha value is -3.20. The minimum Gasteiger partial charge on any atom is -0.480 e. The van der Waals surface area contributed by atoms with Crippen LogP contribution >= 0.6 is 0 Å². The molecule has 5 rings (SSSR count). The van der Waals surface area contributed by atoms with Crippen molar-refractivity contribution < 1.29 is 13.9 Å². The Morgan fingerprint density at radius 2 is 2.29 bits per heavy atom. The van der Waals surface area contributed by atoms with Gasteiger partial charge in [0.25, 0.3) is 0 Å². The number of hydrogen-bond acceptors (Lipinski definition) is 6. The molecule has 5 heterocycles. The number of ether oxygens (including phenoxy) is 2. The Morgan fingerprint density at radius 1 is 1.36 bits per heavy atom. The van der Waals surface area contributed by atoms with Gasteiger partial charge >= 0.3 is 0 Å². The van der Waals surface area contributed by atoms with Gasteiger partial charge in [-0.1, -0.05) is 0 Å². The Morgan fingerprint density at radius 3 is 3.14 bits per heavy atom. The SMILES string of the molecule is COc1nc(NC2CCOC[C@@H]2F)nc2[nH]cc(-c3ccc4nccn4c3)c12.